The number of benzene rings is 2. The molecule has 0 saturated heterocycles. The van der Waals surface area contributed by atoms with Crippen molar-refractivity contribution in [2.45, 2.75) is 38.8 Å². The number of hydrogen-bond donors (Lipinski definition) is 1. The molecule has 0 saturated carbocycles. The lowest BCUT2D eigenvalue weighted by atomic mass is 9.86. The molecular formula is C25H21F4N5O. The van der Waals surface area contributed by atoms with Crippen molar-refractivity contribution >= 4 is 12.2 Å². The van der Waals surface area contributed by atoms with Gasteiger partial charge in [0.1, 0.15) is 11.4 Å². The number of hydrogen-bond acceptors (Lipinski definition) is 4. The van der Waals surface area contributed by atoms with Crippen LogP contribution in [0.15, 0.2) is 36.8 Å². The van der Waals surface area contributed by atoms with Gasteiger partial charge in [-0.1, -0.05) is 0 Å². The molecule has 10 heteroatoms. The fourth-order valence-electron chi connectivity index (χ4n) is 4.37. The molecule has 0 spiro atoms. The zero-order valence-electron chi connectivity index (χ0n) is 18.9. The van der Waals surface area contributed by atoms with Gasteiger partial charge < -0.3 is 9.67 Å². The van der Waals surface area contributed by atoms with Crippen molar-refractivity contribution in [1.82, 2.24) is 24.3 Å². The Bertz CT molecular complexity index is 1450. The quantitative estimate of drug-likeness (QED) is 0.333. The Labute approximate surface area is 198 Å². The molecule has 35 heavy (non-hydrogen) atoms. The normalized spacial score (nSPS) is 17.8. The Hall–Kier alpha value is -3.79. The second-order valence-electron chi connectivity index (χ2n) is 8.65. The number of nitrogens with zero attached hydrogens (tertiary/aromatic N) is 5. The minimum absolute atomic E-state index is 0.0799. The average molecular weight is 483 g/mol. The monoisotopic (exact) mass is 483 g/mol. The minimum atomic E-state index is -1.85. The van der Waals surface area contributed by atoms with Crippen molar-refractivity contribution in [3.8, 4) is 5.69 Å². The molecule has 180 valence electrons. The van der Waals surface area contributed by atoms with Crippen LogP contribution in [-0.2, 0) is 12.1 Å². The van der Waals surface area contributed by atoms with E-state index in [0.29, 0.717) is 24.2 Å². The summed E-state index contributed by atoms with van der Waals surface area (Å²) in [5, 5.41) is 15.6. The molecular weight excluding hydrogens is 462 g/mol. The summed E-state index contributed by atoms with van der Waals surface area (Å²) >= 11 is 0. The maximum atomic E-state index is 14.8. The maximum Gasteiger partial charge on any atom is 0.194 e. The number of fused-ring (bicyclic) bond motifs is 1. The summed E-state index contributed by atoms with van der Waals surface area (Å²) in [7, 11) is 0. The van der Waals surface area contributed by atoms with Crippen LogP contribution < -0.4 is 0 Å². The van der Waals surface area contributed by atoms with Crippen molar-refractivity contribution in [3.05, 3.63) is 94.1 Å². The third-order valence-electron chi connectivity index (χ3n) is 6.14. The van der Waals surface area contributed by atoms with Crippen molar-refractivity contribution in [1.29, 1.82) is 0 Å². The van der Waals surface area contributed by atoms with Crippen LogP contribution in [0.3, 0.4) is 0 Å². The lowest BCUT2D eigenvalue weighted by Gasteiger charge is -2.31. The van der Waals surface area contributed by atoms with Gasteiger partial charge in [-0.05, 0) is 74.2 Å². The van der Waals surface area contributed by atoms with E-state index < -0.39 is 28.9 Å². The average Bonchev–Trinajstić information content (AvgIpc) is 3.44. The van der Waals surface area contributed by atoms with Gasteiger partial charge in [0.2, 0.25) is 0 Å². The Morgan fingerprint density at radius 2 is 1.74 bits per heavy atom. The number of halogens is 4. The van der Waals surface area contributed by atoms with Crippen LogP contribution in [0.2, 0.25) is 0 Å². The highest BCUT2D eigenvalue weighted by atomic mass is 19.2. The smallest absolute Gasteiger partial charge is 0.194 e. The number of imidazole rings is 1. The highest BCUT2D eigenvalue weighted by Gasteiger charge is 2.40. The minimum Gasteiger partial charge on any atom is -0.377 e. The summed E-state index contributed by atoms with van der Waals surface area (Å²) in [5.74, 6) is -4.59. The van der Waals surface area contributed by atoms with E-state index in [9.17, 15) is 22.7 Å². The lowest BCUT2D eigenvalue weighted by molar-refractivity contribution is 0.0387. The van der Waals surface area contributed by atoms with Crippen molar-refractivity contribution in [3.63, 3.8) is 0 Å². The van der Waals surface area contributed by atoms with Gasteiger partial charge in [-0.25, -0.2) is 32.2 Å². The molecule has 5 rings (SSSR count). The van der Waals surface area contributed by atoms with Crippen LogP contribution in [0.25, 0.3) is 17.8 Å². The predicted octanol–water partition coefficient (Wildman–Crippen LogP) is 4.84. The topological polar surface area (TPSA) is 68.8 Å². The highest BCUT2D eigenvalue weighted by molar-refractivity contribution is 5.68. The Morgan fingerprint density at radius 3 is 2.43 bits per heavy atom. The standard InChI is InChI=1S/C25H21F4N5O/c1-14-8-16(18(26)11-21(14)33-12-15(2)30-13-33)4-5-22-31-24-25(35,6-3-7-34(24)32-22)17-9-19(27)23(29)20(28)10-17/h4-5,8-13,35H,3,6-7H2,1-2H3/b5-4+/t25-/m0/s1. The van der Waals surface area contributed by atoms with Crippen LogP contribution in [0, 0.1) is 37.1 Å². The molecule has 1 aliphatic heterocycles. The molecule has 4 aromatic rings. The van der Waals surface area contributed by atoms with E-state index in [2.05, 4.69) is 15.1 Å². The Balaban J connectivity index is 1.47. The molecule has 1 aliphatic rings. The lowest BCUT2D eigenvalue weighted by Crippen LogP contribution is -2.36. The largest absolute Gasteiger partial charge is 0.377 e. The van der Waals surface area contributed by atoms with Crippen LogP contribution in [0.1, 0.15) is 46.9 Å². The molecule has 1 N–H and O–H groups in total. The maximum absolute atomic E-state index is 14.8. The predicted molar refractivity (Wildman–Crippen MR) is 120 cm³/mol. The number of rotatable bonds is 4. The van der Waals surface area contributed by atoms with Crippen LogP contribution in [-0.4, -0.2) is 29.4 Å². The number of aliphatic hydroxyl groups is 1. The molecule has 0 unspecified atom stereocenters. The molecule has 2 aromatic heterocycles. The fraction of sp³-hybridized carbons (Fsp3) is 0.240. The summed E-state index contributed by atoms with van der Waals surface area (Å²) in [4.78, 5) is 8.51. The van der Waals surface area contributed by atoms with E-state index in [1.165, 1.54) is 22.9 Å². The van der Waals surface area contributed by atoms with E-state index in [-0.39, 0.29) is 23.6 Å². The molecule has 2 aromatic carbocycles. The number of aromatic nitrogens is 5. The number of aryl methyl sites for hydroxylation is 3. The third-order valence-corrected chi connectivity index (χ3v) is 6.14. The van der Waals surface area contributed by atoms with E-state index in [4.69, 9.17) is 0 Å². The molecule has 0 amide bonds. The van der Waals surface area contributed by atoms with Crippen molar-refractivity contribution in [2.24, 2.45) is 0 Å². The molecule has 6 nitrogen and oxygen atoms in total. The van der Waals surface area contributed by atoms with Gasteiger partial charge in [0.05, 0.1) is 17.7 Å². The molecule has 3 heterocycles. The molecule has 1 atom stereocenters. The van der Waals surface area contributed by atoms with E-state index in [1.54, 1.807) is 23.2 Å². The first-order chi connectivity index (χ1) is 16.7. The molecule has 0 radical (unpaired) electrons. The van der Waals surface area contributed by atoms with Crippen molar-refractivity contribution < 1.29 is 22.7 Å². The summed E-state index contributed by atoms with van der Waals surface area (Å²) in [6.45, 7) is 4.13. The molecule has 0 bridgehead atoms. The summed E-state index contributed by atoms with van der Waals surface area (Å²) < 4.78 is 59.1. The third kappa shape index (κ3) is 4.03. The van der Waals surface area contributed by atoms with Gasteiger partial charge in [-0.3, -0.25) is 0 Å². The SMILES string of the molecule is Cc1cn(-c2cc(F)c(/C=C/c3nc4n(n3)CCC[C@]4(O)c3cc(F)c(F)c(F)c3)cc2C)cn1. The first-order valence-electron chi connectivity index (χ1n) is 11.0. The van der Waals surface area contributed by atoms with E-state index in [0.717, 1.165) is 23.4 Å². The Morgan fingerprint density at radius 1 is 1.00 bits per heavy atom. The second kappa shape index (κ2) is 8.46. The summed E-state index contributed by atoms with van der Waals surface area (Å²) in [6, 6.07) is 4.63. The van der Waals surface area contributed by atoms with Gasteiger partial charge in [0, 0.05) is 18.3 Å². The van der Waals surface area contributed by atoms with Gasteiger partial charge in [-0.15, -0.1) is 0 Å². The zero-order chi connectivity index (χ0) is 24.9. The fourth-order valence-corrected chi connectivity index (χ4v) is 4.37. The summed E-state index contributed by atoms with van der Waals surface area (Å²) in [6.07, 6.45) is 7.02. The van der Waals surface area contributed by atoms with Gasteiger partial charge in [0.15, 0.2) is 29.1 Å². The first kappa shape index (κ1) is 23.0. The molecule has 0 aliphatic carbocycles. The van der Waals surface area contributed by atoms with Crippen LogP contribution >= 0.6 is 0 Å². The van der Waals surface area contributed by atoms with E-state index in [1.807, 2.05) is 13.8 Å². The first-order valence-corrected chi connectivity index (χ1v) is 11.0. The van der Waals surface area contributed by atoms with E-state index >= 15 is 0 Å². The highest BCUT2D eigenvalue weighted by Crippen LogP contribution is 2.37. The van der Waals surface area contributed by atoms with Gasteiger partial charge in [-0.2, -0.15) is 5.10 Å². The molecule has 0 fully saturated rings. The Kier molecular flexibility index (Phi) is 5.55. The van der Waals surface area contributed by atoms with Crippen LogP contribution in [0.4, 0.5) is 17.6 Å². The van der Waals surface area contributed by atoms with Crippen molar-refractivity contribution in [2.75, 3.05) is 0 Å². The van der Waals surface area contributed by atoms with Gasteiger partial charge in [0.25, 0.3) is 0 Å². The zero-order valence-corrected chi connectivity index (χ0v) is 18.9. The van der Waals surface area contributed by atoms with Crippen LogP contribution in [0.5, 0.6) is 0 Å². The summed E-state index contributed by atoms with van der Waals surface area (Å²) in [5.41, 5.74) is 0.627. The second-order valence-corrected chi connectivity index (χ2v) is 8.65. The van der Waals surface area contributed by atoms with Gasteiger partial charge >= 0.3 is 0 Å².